The first-order valence-electron chi connectivity index (χ1n) is 5.62. The number of aliphatic hydroxyl groups is 1. The molecule has 2 atom stereocenters. The van der Waals surface area contributed by atoms with Crippen LogP contribution in [0.1, 0.15) is 45.4 Å². The predicted octanol–water partition coefficient (Wildman–Crippen LogP) is 1.91. The molecule has 13 heavy (non-hydrogen) atoms. The quantitative estimate of drug-likeness (QED) is 0.703. The van der Waals surface area contributed by atoms with Crippen LogP contribution >= 0.6 is 0 Å². The highest BCUT2D eigenvalue weighted by atomic mass is 16.3. The van der Waals surface area contributed by atoms with E-state index in [-0.39, 0.29) is 6.04 Å². The van der Waals surface area contributed by atoms with Gasteiger partial charge in [0.1, 0.15) is 0 Å². The number of hydrogen-bond donors (Lipinski definition) is 2. The fourth-order valence-corrected chi connectivity index (χ4v) is 2.64. The molecule has 0 saturated heterocycles. The molecule has 0 heterocycles. The predicted molar refractivity (Wildman–Crippen MR) is 55.4 cm³/mol. The van der Waals surface area contributed by atoms with Crippen LogP contribution in [-0.4, -0.2) is 17.8 Å². The van der Waals surface area contributed by atoms with E-state index in [1.165, 1.54) is 32.1 Å². The number of hydrogen-bond acceptors (Lipinski definition) is 2. The highest BCUT2D eigenvalue weighted by Gasteiger charge is 2.25. The largest absolute Gasteiger partial charge is 0.396 e. The lowest BCUT2D eigenvalue weighted by molar-refractivity contribution is 0.169. The van der Waals surface area contributed by atoms with Crippen molar-refractivity contribution in [3.05, 3.63) is 0 Å². The van der Waals surface area contributed by atoms with Crippen LogP contribution in [0.15, 0.2) is 0 Å². The molecule has 1 aliphatic carbocycles. The molecule has 0 aromatic heterocycles. The van der Waals surface area contributed by atoms with E-state index in [1.807, 2.05) is 0 Å². The minimum Gasteiger partial charge on any atom is -0.396 e. The fourth-order valence-electron chi connectivity index (χ4n) is 2.64. The molecule has 1 saturated carbocycles. The maximum atomic E-state index is 8.96. The van der Waals surface area contributed by atoms with Crippen molar-refractivity contribution in [3.8, 4) is 0 Å². The Balaban J connectivity index is 2.41. The third-order valence-electron chi connectivity index (χ3n) is 3.39. The SMILES string of the molecule is CC(N)C(CCO)C1CCCCC1. The van der Waals surface area contributed by atoms with Gasteiger partial charge in [-0.2, -0.15) is 0 Å². The molecule has 2 heteroatoms. The Morgan fingerprint density at radius 2 is 1.92 bits per heavy atom. The first-order chi connectivity index (χ1) is 6.25. The number of rotatable bonds is 4. The van der Waals surface area contributed by atoms with Crippen molar-refractivity contribution in [1.82, 2.24) is 0 Å². The van der Waals surface area contributed by atoms with Crippen LogP contribution < -0.4 is 5.73 Å². The fraction of sp³-hybridized carbons (Fsp3) is 1.00. The van der Waals surface area contributed by atoms with Gasteiger partial charge in [0, 0.05) is 12.6 Å². The molecular formula is C11H23NO. The highest BCUT2D eigenvalue weighted by molar-refractivity contribution is 4.79. The summed E-state index contributed by atoms with van der Waals surface area (Å²) in [6, 6.07) is 0.246. The van der Waals surface area contributed by atoms with Gasteiger partial charge in [-0.15, -0.1) is 0 Å². The van der Waals surface area contributed by atoms with Crippen LogP contribution in [-0.2, 0) is 0 Å². The van der Waals surface area contributed by atoms with Crippen molar-refractivity contribution in [2.24, 2.45) is 17.6 Å². The minimum absolute atomic E-state index is 0.246. The molecule has 0 spiro atoms. The lowest BCUT2D eigenvalue weighted by atomic mass is 9.76. The Morgan fingerprint density at radius 3 is 2.38 bits per heavy atom. The van der Waals surface area contributed by atoms with E-state index in [4.69, 9.17) is 10.8 Å². The minimum atomic E-state index is 0.246. The molecule has 2 nitrogen and oxygen atoms in total. The zero-order valence-corrected chi connectivity index (χ0v) is 8.71. The molecule has 0 bridgehead atoms. The van der Waals surface area contributed by atoms with Crippen LogP contribution in [0.3, 0.4) is 0 Å². The average Bonchev–Trinajstić information content (AvgIpc) is 2.15. The Labute approximate surface area is 81.5 Å². The Hall–Kier alpha value is -0.0800. The average molecular weight is 185 g/mol. The molecule has 3 N–H and O–H groups in total. The second-order valence-electron chi connectivity index (χ2n) is 4.43. The normalized spacial score (nSPS) is 24.2. The first-order valence-corrected chi connectivity index (χ1v) is 5.62. The number of aliphatic hydroxyl groups excluding tert-OH is 1. The molecule has 78 valence electrons. The third kappa shape index (κ3) is 3.28. The Morgan fingerprint density at radius 1 is 1.31 bits per heavy atom. The molecule has 1 aliphatic rings. The van der Waals surface area contributed by atoms with Crippen LogP contribution in [0.2, 0.25) is 0 Å². The molecule has 1 rings (SSSR count). The molecule has 0 aromatic carbocycles. The summed E-state index contributed by atoms with van der Waals surface area (Å²) in [7, 11) is 0. The van der Waals surface area contributed by atoms with E-state index < -0.39 is 0 Å². The highest BCUT2D eigenvalue weighted by Crippen LogP contribution is 2.32. The molecule has 1 fully saturated rings. The third-order valence-corrected chi connectivity index (χ3v) is 3.39. The smallest absolute Gasteiger partial charge is 0.0434 e. The van der Waals surface area contributed by atoms with Crippen LogP contribution in [0.4, 0.5) is 0 Å². The van der Waals surface area contributed by atoms with Crippen LogP contribution in [0.5, 0.6) is 0 Å². The standard InChI is InChI=1S/C11H23NO/c1-9(12)11(7-8-13)10-5-3-2-4-6-10/h9-11,13H,2-8,12H2,1H3. The van der Waals surface area contributed by atoms with Crippen LogP contribution in [0.25, 0.3) is 0 Å². The van der Waals surface area contributed by atoms with Gasteiger partial charge in [0.05, 0.1) is 0 Å². The van der Waals surface area contributed by atoms with E-state index in [9.17, 15) is 0 Å². The van der Waals surface area contributed by atoms with Crippen molar-refractivity contribution in [1.29, 1.82) is 0 Å². The summed E-state index contributed by atoms with van der Waals surface area (Å²) in [5, 5.41) is 8.96. The van der Waals surface area contributed by atoms with Gasteiger partial charge in [0.2, 0.25) is 0 Å². The van der Waals surface area contributed by atoms with Gasteiger partial charge < -0.3 is 10.8 Å². The molecular weight excluding hydrogens is 162 g/mol. The summed E-state index contributed by atoms with van der Waals surface area (Å²) >= 11 is 0. The van der Waals surface area contributed by atoms with Crippen molar-refractivity contribution >= 4 is 0 Å². The first kappa shape index (κ1) is 11.0. The van der Waals surface area contributed by atoms with Gasteiger partial charge in [-0.1, -0.05) is 32.1 Å². The molecule has 2 unspecified atom stereocenters. The summed E-state index contributed by atoms with van der Waals surface area (Å²) in [6.07, 6.45) is 7.65. The molecule has 0 radical (unpaired) electrons. The van der Waals surface area contributed by atoms with E-state index in [0.29, 0.717) is 12.5 Å². The van der Waals surface area contributed by atoms with Crippen molar-refractivity contribution in [3.63, 3.8) is 0 Å². The summed E-state index contributed by atoms with van der Waals surface area (Å²) < 4.78 is 0. The second-order valence-corrected chi connectivity index (χ2v) is 4.43. The monoisotopic (exact) mass is 185 g/mol. The maximum Gasteiger partial charge on any atom is 0.0434 e. The van der Waals surface area contributed by atoms with Gasteiger partial charge in [-0.05, 0) is 25.2 Å². The molecule has 0 amide bonds. The second kappa shape index (κ2) is 5.61. The van der Waals surface area contributed by atoms with Gasteiger partial charge in [-0.25, -0.2) is 0 Å². The zero-order chi connectivity index (χ0) is 9.68. The Bertz CT molecular complexity index is 130. The van der Waals surface area contributed by atoms with Gasteiger partial charge in [0.15, 0.2) is 0 Å². The summed E-state index contributed by atoms with van der Waals surface area (Å²) in [5.41, 5.74) is 5.94. The lowest BCUT2D eigenvalue weighted by Gasteiger charge is -2.32. The molecule has 0 aliphatic heterocycles. The van der Waals surface area contributed by atoms with E-state index in [2.05, 4.69) is 6.92 Å². The number of nitrogens with two attached hydrogens (primary N) is 1. The van der Waals surface area contributed by atoms with E-state index in [1.54, 1.807) is 0 Å². The van der Waals surface area contributed by atoms with Crippen LogP contribution in [0, 0.1) is 11.8 Å². The van der Waals surface area contributed by atoms with Crippen molar-refractivity contribution in [2.45, 2.75) is 51.5 Å². The summed E-state index contributed by atoms with van der Waals surface area (Å²) in [6.45, 7) is 2.37. The van der Waals surface area contributed by atoms with Gasteiger partial charge in [0.25, 0.3) is 0 Å². The topological polar surface area (TPSA) is 46.2 Å². The maximum absolute atomic E-state index is 8.96. The van der Waals surface area contributed by atoms with E-state index >= 15 is 0 Å². The van der Waals surface area contributed by atoms with Gasteiger partial charge >= 0.3 is 0 Å². The Kier molecular flexibility index (Phi) is 4.74. The van der Waals surface area contributed by atoms with E-state index in [0.717, 1.165) is 12.3 Å². The van der Waals surface area contributed by atoms with Gasteiger partial charge in [-0.3, -0.25) is 0 Å². The van der Waals surface area contributed by atoms with Crippen molar-refractivity contribution < 1.29 is 5.11 Å². The van der Waals surface area contributed by atoms with Crippen molar-refractivity contribution in [2.75, 3.05) is 6.61 Å². The summed E-state index contributed by atoms with van der Waals surface area (Å²) in [4.78, 5) is 0. The summed E-state index contributed by atoms with van der Waals surface area (Å²) in [5.74, 6) is 1.33. The molecule has 0 aromatic rings. The lowest BCUT2D eigenvalue weighted by Crippen LogP contribution is -2.34. The zero-order valence-electron chi connectivity index (χ0n) is 8.71.